The van der Waals surface area contributed by atoms with Gasteiger partial charge in [0.05, 0.1) is 9.26 Å². The summed E-state index contributed by atoms with van der Waals surface area (Å²) in [6.07, 6.45) is 7.54. The van der Waals surface area contributed by atoms with E-state index in [2.05, 4.69) is 46.7 Å². The molecule has 0 saturated heterocycles. The maximum atomic E-state index is 4.75. The van der Waals surface area contributed by atoms with Crippen LogP contribution in [0.3, 0.4) is 0 Å². The van der Waals surface area contributed by atoms with Crippen LogP contribution in [0.15, 0.2) is 24.5 Å². The first kappa shape index (κ1) is 16.1. The number of nitrogens with one attached hydrogen (secondary N) is 1. The van der Waals surface area contributed by atoms with Crippen LogP contribution in [-0.4, -0.2) is 21.5 Å². The average molecular weight is 396 g/mol. The van der Waals surface area contributed by atoms with E-state index in [1.165, 1.54) is 5.56 Å². The van der Waals surface area contributed by atoms with E-state index in [1.807, 2.05) is 24.5 Å². The summed E-state index contributed by atoms with van der Waals surface area (Å²) < 4.78 is 1.15. The lowest BCUT2D eigenvalue weighted by atomic mass is 10.2. The Hall–Kier alpha value is -1.24. The summed E-state index contributed by atoms with van der Waals surface area (Å²) >= 11 is 2.35. The van der Waals surface area contributed by atoms with E-state index in [0.717, 1.165) is 53.1 Å². The molecule has 1 N–H and O–H groups in total. The van der Waals surface area contributed by atoms with E-state index in [1.54, 1.807) is 0 Å². The van der Waals surface area contributed by atoms with Crippen molar-refractivity contribution in [1.29, 1.82) is 0 Å². The van der Waals surface area contributed by atoms with Crippen LogP contribution < -0.4 is 5.32 Å². The highest BCUT2D eigenvalue weighted by atomic mass is 127. The first-order valence-electron chi connectivity index (χ1n) is 7.42. The van der Waals surface area contributed by atoms with Crippen molar-refractivity contribution in [3.05, 3.63) is 45.2 Å². The average Bonchev–Trinajstić information content (AvgIpc) is 2.50. The number of hydrogen-bond donors (Lipinski definition) is 1. The van der Waals surface area contributed by atoms with Crippen LogP contribution >= 0.6 is 22.6 Å². The summed E-state index contributed by atoms with van der Waals surface area (Å²) in [5.74, 6) is 1.85. The summed E-state index contributed by atoms with van der Waals surface area (Å²) in [4.78, 5) is 13.5. The molecule has 0 bridgehead atoms. The van der Waals surface area contributed by atoms with Gasteiger partial charge in [-0.3, -0.25) is 4.98 Å². The Labute approximate surface area is 140 Å². The van der Waals surface area contributed by atoms with E-state index in [9.17, 15) is 0 Å². The number of nitrogens with zero attached hydrogens (tertiary/aromatic N) is 3. The molecule has 0 aliphatic carbocycles. The molecule has 0 saturated carbocycles. The number of aromatic nitrogens is 3. The van der Waals surface area contributed by atoms with E-state index in [0.29, 0.717) is 0 Å². The smallest absolute Gasteiger partial charge is 0.143 e. The standard InChI is InChI=1S/C16H21IN4/c1-3-5-13-15(17)16(19-8-4-2)21-14(20-13)11-12-6-9-18-10-7-12/h6-7,9-10H,3-5,8,11H2,1-2H3,(H,19,20,21). The summed E-state index contributed by atoms with van der Waals surface area (Å²) in [5.41, 5.74) is 2.34. The second-order valence-electron chi connectivity index (χ2n) is 4.96. The molecule has 2 aromatic heterocycles. The fraction of sp³-hybridized carbons (Fsp3) is 0.438. The molecule has 4 nitrogen and oxygen atoms in total. The van der Waals surface area contributed by atoms with E-state index in [-0.39, 0.29) is 0 Å². The highest BCUT2D eigenvalue weighted by Crippen LogP contribution is 2.21. The summed E-state index contributed by atoms with van der Waals surface area (Å²) in [7, 11) is 0. The van der Waals surface area contributed by atoms with Crippen LogP contribution in [0.25, 0.3) is 0 Å². The van der Waals surface area contributed by atoms with Crippen LogP contribution in [0.5, 0.6) is 0 Å². The highest BCUT2D eigenvalue weighted by Gasteiger charge is 2.11. The quantitative estimate of drug-likeness (QED) is 0.723. The molecule has 0 unspecified atom stereocenters. The fourth-order valence-corrected chi connectivity index (χ4v) is 2.77. The van der Waals surface area contributed by atoms with Gasteiger partial charge >= 0.3 is 0 Å². The minimum absolute atomic E-state index is 0.747. The van der Waals surface area contributed by atoms with Crippen LogP contribution in [-0.2, 0) is 12.8 Å². The Bertz CT molecular complexity index is 572. The van der Waals surface area contributed by atoms with E-state index >= 15 is 0 Å². The molecule has 0 radical (unpaired) electrons. The number of halogens is 1. The number of hydrogen-bond acceptors (Lipinski definition) is 4. The normalized spacial score (nSPS) is 10.6. The topological polar surface area (TPSA) is 50.7 Å². The molecule has 0 amide bonds. The molecule has 0 spiro atoms. The van der Waals surface area contributed by atoms with Crippen molar-refractivity contribution in [3.8, 4) is 0 Å². The molecule has 2 rings (SSSR count). The first-order chi connectivity index (χ1) is 10.2. The largest absolute Gasteiger partial charge is 0.369 e. The molecular formula is C16H21IN4. The Balaban J connectivity index is 2.29. The number of pyridine rings is 1. The lowest BCUT2D eigenvalue weighted by molar-refractivity contribution is 0.829. The van der Waals surface area contributed by atoms with Gasteiger partial charge in [-0.2, -0.15) is 0 Å². The van der Waals surface area contributed by atoms with Gasteiger partial charge < -0.3 is 5.32 Å². The van der Waals surface area contributed by atoms with E-state index < -0.39 is 0 Å². The maximum absolute atomic E-state index is 4.75. The molecule has 21 heavy (non-hydrogen) atoms. The molecular weight excluding hydrogens is 375 g/mol. The van der Waals surface area contributed by atoms with Crippen molar-refractivity contribution in [2.45, 2.75) is 39.5 Å². The Kier molecular flexibility index (Phi) is 6.35. The monoisotopic (exact) mass is 396 g/mol. The van der Waals surface area contributed by atoms with Gasteiger partial charge in [-0.25, -0.2) is 9.97 Å². The van der Waals surface area contributed by atoms with Crippen LogP contribution in [0.1, 0.15) is 43.8 Å². The van der Waals surface area contributed by atoms with Crippen molar-refractivity contribution in [2.75, 3.05) is 11.9 Å². The minimum Gasteiger partial charge on any atom is -0.369 e. The van der Waals surface area contributed by atoms with Gasteiger partial charge in [-0.05, 0) is 53.1 Å². The van der Waals surface area contributed by atoms with Crippen molar-refractivity contribution < 1.29 is 0 Å². The summed E-state index contributed by atoms with van der Waals surface area (Å²) in [6, 6.07) is 4.03. The lowest BCUT2D eigenvalue weighted by Gasteiger charge is -2.12. The number of anilines is 1. The fourth-order valence-electron chi connectivity index (χ4n) is 2.07. The van der Waals surface area contributed by atoms with Gasteiger partial charge in [0.1, 0.15) is 11.6 Å². The SMILES string of the molecule is CCCNc1nc(Cc2ccncc2)nc(CCC)c1I. The summed E-state index contributed by atoms with van der Waals surface area (Å²) in [6.45, 7) is 5.28. The Morgan fingerprint density at radius 1 is 1.10 bits per heavy atom. The Morgan fingerprint density at radius 2 is 1.86 bits per heavy atom. The predicted octanol–water partition coefficient (Wildman–Crippen LogP) is 3.84. The zero-order chi connectivity index (χ0) is 15.1. The molecule has 0 aromatic carbocycles. The lowest BCUT2D eigenvalue weighted by Crippen LogP contribution is -2.11. The molecule has 112 valence electrons. The van der Waals surface area contributed by atoms with Gasteiger partial charge in [0.2, 0.25) is 0 Å². The minimum atomic E-state index is 0.747. The Morgan fingerprint density at radius 3 is 2.52 bits per heavy atom. The predicted molar refractivity (Wildman–Crippen MR) is 94.6 cm³/mol. The van der Waals surface area contributed by atoms with Gasteiger partial charge in [0, 0.05) is 25.4 Å². The zero-order valence-corrected chi connectivity index (χ0v) is 14.7. The number of aryl methyl sites for hydroxylation is 1. The zero-order valence-electron chi connectivity index (χ0n) is 12.6. The van der Waals surface area contributed by atoms with Gasteiger partial charge in [0.15, 0.2) is 0 Å². The van der Waals surface area contributed by atoms with E-state index in [4.69, 9.17) is 9.97 Å². The second-order valence-corrected chi connectivity index (χ2v) is 6.04. The number of rotatable bonds is 7. The third kappa shape index (κ3) is 4.62. The van der Waals surface area contributed by atoms with Gasteiger partial charge in [-0.1, -0.05) is 20.3 Å². The molecule has 0 aliphatic heterocycles. The third-order valence-corrected chi connectivity index (χ3v) is 4.24. The molecule has 5 heteroatoms. The third-order valence-electron chi connectivity index (χ3n) is 3.11. The second kappa shape index (κ2) is 8.26. The van der Waals surface area contributed by atoms with Crippen molar-refractivity contribution in [3.63, 3.8) is 0 Å². The maximum Gasteiger partial charge on any atom is 0.143 e. The van der Waals surface area contributed by atoms with Crippen molar-refractivity contribution >= 4 is 28.4 Å². The van der Waals surface area contributed by atoms with Gasteiger partial charge in [-0.15, -0.1) is 0 Å². The molecule has 2 aromatic rings. The van der Waals surface area contributed by atoms with Crippen LogP contribution in [0, 0.1) is 3.57 Å². The molecule has 0 fully saturated rings. The van der Waals surface area contributed by atoms with Crippen LogP contribution in [0.4, 0.5) is 5.82 Å². The summed E-state index contributed by atoms with van der Waals surface area (Å²) in [5, 5.41) is 3.42. The van der Waals surface area contributed by atoms with Gasteiger partial charge in [0.25, 0.3) is 0 Å². The molecule has 2 heterocycles. The van der Waals surface area contributed by atoms with Crippen molar-refractivity contribution in [1.82, 2.24) is 15.0 Å². The van der Waals surface area contributed by atoms with Crippen molar-refractivity contribution in [2.24, 2.45) is 0 Å². The first-order valence-corrected chi connectivity index (χ1v) is 8.50. The van der Waals surface area contributed by atoms with Crippen LogP contribution in [0.2, 0.25) is 0 Å². The highest BCUT2D eigenvalue weighted by molar-refractivity contribution is 14.1. The molecule has 0 aliphatic rings. The molecule has 0 atom stereocenters.